The summed E-state index contributed by atoms with van der Waals surface area (Å²) in [6.07, 6.45) is -1.83. The van der Waals surface area contributed by atoms with Crippen LogP contribution < -0.4 is 11.0 Å². The summed E-state index contributed by atoms with van der Waals surface area (Å²) >= 11 is -4.21. The maximum absolute atomic E-state index is 15.4. The number of rotatable bonds is 13. The SMILES string of the molecule is CCn1c(-c2ccccc2)nc2cc3c(cc21)C1=NC3=Nc2c3cc4c(cc3c3[n]2[Al]([O]P(=O)(O)CCP(=O)(O)O)[n]2c(c5cc6nc(-c7ccccc7)n(CC)c6cc5c2=NC2=NC(=N3)c3cc5c(cc32)nc(-c2ccccc2)n5CC)=N1)nc(-c1ccccc1)n4CC. The van der Waals surface area contributed by atoms with Crippen molar-refractivity contribution in [2.75, 3.05) is 12.3 Å². The van der Waals surface area contributed by atoms with Crippen LogP contribution in [0.5, 0.6) is 0 Å². The Balaban J connectivity index is 1.03. The monoisotopic (exact) mass is 1300 g/mol. The second kappa shape index (κ2) is 21.4. The van der Waals surface area contributed by atoms with Gasteiger partial charge < -0.3 is 43.6 Å². The van der Waals surface area contributed by atoms with E-state index < -0.39 is 42.4 Å². The van der Waals surface area contributed by atoms with E-state index in [4.69, 9.17) is 53.5 Å². The van der Waals surface area contributed by atoms with Crippen LogP contribution in [0.2, 0.25) is 0 Å². The Labute approximate surface area is 545 Å². The second-order valence-corrected chi connectivity index (χ2v) is 29.9. The van der Waals surface area contributed by atoms with Gasteiger partial charge in [-0.25, -0.2) is 49.9 Å². The molecule has 4 aliphatic heterocycles. The van der Waals surface area contributed by atoms with Gasteiger partial charge in [0.25, 0.3) is 0 Å². The van der Waals surface area contributed by atoms with Crippen molar-refractivity contribution in [1.82, 2.24) is 45.3 Å². The molecule has 25 heteroatoms. The molecular formula is C70H55AlN16O6P2. The predicted octanol–water partition coefficient (Wildman–Crippen LogP) is 12.4. The Hall–Kier alpha value is -10.2. The van der Waals surface area contributed by atoms with Gasteiger partial charge in [0.1, 0.15) is 45.9 Å². The van der Waals surface area contributed by atoms with E-state index >= 15 is 4.57 Å². The zero-order valence-corrected chi connectivity index (χ0v) is 54.5. The highest BCUT2D eigenvalue weighted by atomic mass is 31.2. The number of imidazole rings is 4. The van der Waals surface area contributed by atoms with Gasteiger partial charge in [-0.2, -0.15) is 0 Å². The molecule has 0 aliphatic carbocycles. The molecule has 4 aliphatic rings. The van der Waals surface area contributed by atoms with Crippen molar-refractivity contribution < 1.29 is 27.4 Å². The fraction of sp³-hybridized carbons (Fsp3) is 0.143. The molecule has 464 valence electrons. The average Bonchev–Trinajstić information content (AvgIpc) is 1.54. The Kier molecular flexibility index (Phi) is 13.0. The standard InChI is InChI=1S/C68H48N16.C2H8O6P2.Al/c1-5-81-53-33-45-41(29-49(53)69-65(81)37-21-13-9-14-22-37)57-73-61(45)77-58-42-30-50-54(82(6-2)66(70-50)38-23-15-10-16-24-38)34-46(42)63(74-58)79-60-44-32-52-56(84(8-4)68(72-52)40-27-19-12-20-28-40)36-48(44)64(76-60)80-59-43-31-51-55(35-47(43)62(75-59)78-57)83(7-3)67(71-51)39-25-17-11-18-26-39;3-9(4,5)1-2-10(6,7)8;/h9-36H,5-8H2,1-4H3;1-2H2,(H2,3,4,5)(H2,6,7,8);/q-2;;+3/p-1. The van der Waals surface area contributed by atoms with Crippen LogP contribution in [0, 0.1) is 0 Å². The number of aliphatic imine (C=N–C) groups is 4. The molecule has 0 amide bonds. The Morgan fingerprint density at radius 2 is 0.705 bits per heavy atom. The summed E-state index contributed by atoms with van der Waals surface area (Å²) in [5.41, 5.74) is 12.7. The van der Waals surface area contributed by atoms with Crippen LogP contribution in [-0.2, 0) is 38.9 Å². The van der Waals surface area contributed by atoms with Crippen LogP contribution in [0.15, 0.2) is 200 Å². The van der Waals surface area contributed by atoms with Crippen LogP contribution in [0.4, 0.5) is 11.6 Å². The molecule has 1 atom stereocenters. The fourth-order valence-electron chi connectivity index (χ4n) is 14.1. The lowest BCUT2D eigenvalue weighted by Crippen LogP contribution is -2.48. The minimum Gasteiger partial charge on any atom is -0.396 e. The van der Waals surface area contributed by atoms with Gasteiger partial charge in [0, 0.05) is 92.2 Å². The molecule has 14 aromatic rings. The van der Waals surface area contributed by atoms with E-state index in [9.17, 15) is 19.2 Å². The molecule has 1 unspecified atom stereocenters. The van der Waals surface area contributed by atoms with Gasteiger partial charge in [0.15, 0.2) is 23.3 Å². The van der Waals surface area contributed by atoms with Crippen molar-refractivity contribution in [3.63, 3.8) is 0 Å². The minimum atomic E-state index is -5.07. The first kappa shape index (κ1) is 57.5. The molecule has 0 saturated heterocycles. The molecule has 6 aromatic heterocycles. The predicted molar refractivity (Wildman–Crippen MR) is 371 cm³/mol. The zero-order valence-electron chi connectivity index (χ0n) is 51.6. The first-order valence-electron chi connectivity index (χ1n) is 31.5. The molecule has 0 radical (unpaired) electrons. The number of amidine groups is 4. The van der Waals surface area contributed by atoms with Gasteiger partial charge in [0.2, 0.25) is 0 Å². The number of benzene rings is 8. The molecule has 18 rings (SSSR count). The quantitative estimate of drug-likeness (QED) is 0.0726. The zero-order chi connectivity index (χ0) is 64.3. The van der Waals surface area contributed by atoms with Crippen molar-refractivity contribution >= 4 is 131 Å². The van der Waals surface area contributed by atoms with E-state index in [1.165, 1.54) is 0 Å². The summed E-state index contributed by atoms with van der Waals surface area (Å²) in [7, 11) is -9.94. The van der Waals surface area contributed by atoms with E-state index in [1.54, 1.807) is 7.10 Å². The van der Waals surface area contributed by atoms with Crippen LogP contribution in [0.3, 0.4) is 0 Å². The van der Waals surface area contributed by atoms with Crippen LogP contribution in [0.1, 0.15) is 49.9 Å². The lowest BCUT2D eigenvalue weighted by Gasteiger charge is -2.22. The van der Waals surface area contributed by atoms with Gasteiger partial charge in [0.05, 0.1) is 56.5 Å². The van der Waals surface area contributed by atoms with Gasteiger partial charge in [-0.05, 0) is 76.2 Å². The summed E-state index contributed by atoms with van der Waals surface area (Å²) in [6.45, 7) is 10.6. The third-order valence-corrected chi connectivity index (χ3v) is 24.3. The lowest BCUT2D eigenvalue weighted by molar-refractivity contribution is 0.361. The Morgan fingerprint density at radius 3 is 1.09 bits per heavy atom. The summed E-state index contributed by atoms with van der Waals surface area (Å²) < 4.78 is 47.5. The van der Waals surface area contributed by atoms with Crippen molar-refractivity contribution in [2.45, 2.75) is 53.9 Å². The van der Waals surface area contributed by atoms with Crippen molar-refractivity contribution in [2.24, 2.45) is 30.0 Å². The highest BCUT2D eigenvalue weighted by Gasteiger charge is 2.47. The van der Waals surface area contributed by atoms with Gasteiger partial charge in [-0.15, -0.1) is 0 Å². The van der Waals surface area contributed by atoms with E-state index in [0.29, 0.717) is 92.0 Å². The fourth-order valence-corrected chi connectivity index (χ4v) is 20.4. The van der Waals surface area contributed by atoms with E-state index in [1.807, 2.05) is 158 Å². The maximum atomic E-state index is 15.4. The van der Waals surface area contributed by atoms with Gasteiger partial charge >= 0.3 is 30.1 Å². The Morgan fingerprint density at radius 1 is 0.379 bits per heavy atom. The highest BCUT2D eigenvalue weighted by Crippen LogP contribution is 2.51. The molecule has 10 heterocycles. The van der Waals surface area contributed by atoms with E-state index in [2.05, 4.69) is 58.1 Å². The van der Waals surface area contributed by atoms with E-state index in [-0.39, 0.29) is 46.0 Å². The number of fused-ring (bicyclic) bond motifs is 18. The molecule has 0 fully saturated rings. The number of aromatic nitrogens is 10. The summed E-state index contributed by atoms with van der Waals surface area (Å²) in [5, 5.41) is 2.23. The largest absolute Gasteiger partial charge is 0.816 e. The van der Waals surface area contributed by atoms with Gasteiger partial charge in [-0.1, -0.05) is 121 Å². The number of hydrogen-bond donors (Lipinski definition) is 3. The van der Waals surface area contributed by atoms with Crippen LogP contribution in [0.25, 0.3) is 111 Å². The van der Waals surface area contributed by atoms with Crippen molar-refractivity contribution in [3.05, 3.63) is 203 Å². The van der Waals surface area contributed by atoms with Gasteiger partial charge in [-0.3, -0.25) is 9.13 Å². The number of nitrogens with zero attached hydrogens (tertiary/aromatic N) is 16. The maximum Gasteiger partial charge on any atom is 0.816 e. The van der Waals surface area contributed by atoms with Crippen LogP contribution >= 0.6 is 15.2 Å². The summed E-state index contributed by atoms with van der Waals surface area (Å²) in [4.78, 5) is 88.2. The molecule has 3 N–H and O–H groups in total. The van der Waals surface area contributed by atoms with Crippen molar-refractivity contribution in [3.8, 4) is 45.6 Å². The second-order valence-electron chi connectivity index (χ2n) is 23.9. The third kappa shape index (κ3) is 8.99. The highest BCUT2D eigenvalue weighted by molar-refractivity contribution is 7.57. The first-order valence-corrected chi connectivity index (χ1v) is 36.6. The van der Waals surface area contributed by atoms with E-state index in [0.717, 1.165) is 67.6 Å². The first-order chi connectivity index (χ1) is 46.2. The normalized spacial score (nSPS) is 14.7. The third-order valence-electron chi connectivity index (χ3n) is 18.4. The molecular weight excluding hydrogens is 1250 g/mol. The molecule has 8 aromatic carbocycles. The lowest BCUT2D eigenvalue weighted by atomic mass is 10.1. The molecule has 6 bridgehead atoms. The molecule has 95 heavy (non-hydrogen) atoms. The van der Waals surface area contributed by atoms with Crippen molar-refractivity contribution in [1.29, 1.82) is 0 Å². The minimum absolute atomic E-state index is 0.251. The Bertz CT molecular complexity index is 6020. The number of hydrogen-bond acceptors (Lipinski definition) is 13. The smallest absolute Gasteiger partial charge is 0.396 e. The average molecular weight is 1310 g/mol. The molecule has 0 spiro atoms. The summed E-state index contributed by atoms with van der Waals surface area (Å²) in [6, 6.07) is 56.3. The topological polar surface area (TPSA) is 259 Å². The summed E-state index contributed by atoms with van der Waals surface area (Å²) in [5.74, 6) is 4.70. The molecule has 22 nitrogen and oxygen atoms in total. The number of aryl methyl sites for hydroxylation is 4. The van der Waals surface area contributed by atoms with Crippen LogP contribution in [-0.4, -0.2) is 111 Å². The molecule has 0 saturated carbocycles.